The number of amides is 2. The Balaban J connectivity index is 1.12. The molecule has 1 saturated carbocycles. The van der Waals surface area contributed by atoms with Crippen LogP contribution in [0, 0.1) is 5.92 Å². The molecule has 9 nitrogen and oxygen atoms in total. The summed E-state index contributed by atoms with van der Waals surface area (Å²) in [5, 5.41) is 14.5. The van der Waals surface area contributed by atoms with E-state index in [1.54, 1.807) is 14.5 Å². The SMILES string of the molecule is C[C@H]1C[C@H](Oc2ncccc2C(F)(F)F)CCN1C(=O)Cn1nc(C(=O)N2CCC(O)CC2)c2c1C[C@H]1C[C@@H]21. The number of hydrogen-bond acceptors (Lipinski definition) is 6. The van der Waals surface area contributed by atoms with E-state index in [9.17, 15) is 27.9 Å². The number of piperidine rings is 2. The monoisotopic (exact) mass is 547 g/mol. The third-order valence-corrected chi connectivity index (χ3v) is 8.59. The Labute approximate surface area is 223 Å². The first-order chi connectivity index (χ1) is 18.6. The van der Waals surface area contributed by atoms with E-state index in [0.29, 0.717) is 62.8 Å². The van der Waals surface area contributed by atoms with Crippen molar-refractivity contribution < 1.29 is 32.6 Å². The summed E-state index contributed by atoms with van der Waals surface area (Å²) in [5.41, 5.74) is 1.48. The average molecular weight is 548 g/mol. The molecular weight excluding hydrogens is 515 g/mol. The molecule has 0 unspecified atom stereocenters. The number of hydrogen-bond donors (Lipinski definition) is 1. The van der Waals surface area contributed by atoms with Crippen LogP contribution in [-0.4, -0.2) is 79.4 Å². The molecule has 2 aliphatic heterocycles. The van der Waals surface area contributed by atoms with Crippen LogP contribution < -0.4 is 4.74 Å². The highest BCUT2D eigenvalue weighted by molar-refractivity contribution is 5.95. The zero-order valence-electron chi connectivity index (χ0n) is 21.7. The van der Waals surface area contributed by atoms with Crippen LogP contribution in [0.3, 0.4) is 0 Å². The number of aliphatic hydroxyl groups is 1. The van der Waals surface area contributed by atoms with Gasteiger partial charge in [-0.05, 0) is 56.6 Å². The second-order valence-electron chi connectivity index (χ2n) is 11.3. The molecule has 0 spiro atoms. The minimum atomic E-state index is -4.56. The summed E-state index contributed by atoms with van der Waals surface area (Å²) in [6.07, 6.45) is -0.446. The number of carbonyl (C=O) groups is 2. The molecule has 2 aliphatic carbocycles. The number of aliphatic hydroxyl groups excluding tert-OH is 1. The second kappa shape index (κ2) is 9.79. The maximum Gasteiger partial charge on any atom is 0.421 e. The normalized spacial score (nSPS) is 26.8. The number of likely N-dealkylation sites (tertiary alicyclic amines) is 2. The van der Waals surface area contributed by atoms with Gasteiger partial charge >= 0.3 is 6.18 Å². The van der Waals surface area contributed by atoms with E-state index in [4.69, 9.17) is 4.74 Å². The number of halogens is 3. The van der Waals surface area contributed by atoms with Gasteiger partial charge in [-0.15, -0.1) is 0 Å². The van der Waals surface area contributed by atoms with Crippen molar-refractivity contribution in [1.82, 2.24) is 24.6 Å². The fourth-order valence-corrected chi connectivity index (χ4v) is 6.38. The highest BCUT2D eigenvalue weighted by Crippen LogP contribution is 2.57. The molecule has 2 saturated heterocycles. The molecule has 2 aromatic heterocycles. The van der Waals surface area contributed by atoms with Gasteiger partial charge in [0.05, 0.1) is 6.10 Å². The van der Waals surface area contributed by atoms with Crippen molar-refractivity contribution in [1.29, 1.82) is 0 Å². The average Bonchev–Trinajstić information content (AvgIpc) is 3.42. The molecular formula is C27H32F3N5O4. The maximum absolute atomic E-state index is 13.4. The zero-order valence-corrected chi connectivity index (χ0v) is 21.7. The van der Waals surface area contributed by atoms with Gasteiger partial charge in [-0.1, -0.05) is 0 Å². The van der Waals surface area contributed by atoms with Gasteiger partial charge in [-0.25, -0.2) is 4.98 Å². The summed E-state index contributed by atoms with van der Waals surface area (Å²) < 4.78 is 47.3. The minimum absolute atomic E-state index is 0.0160. The Hall–Kier alpha value is -3.15. The quantitative estimate of drug-likeness (QED) is 0.618. The Morgan fingerprint density at radius 1 is 1.15 bits per heavy atom. The molecule has 12 heteroatoms. The lowest BCUT2D eigenvalue weighted by atomic mass is 10.0. The summed E-state index contributed by atoms with van der Waals surface area (Å²) in [6.45, 7) is 3.20. The molecule has 2 aromatic rings. The zero-order chi connectivity index (χ0) is 27.5. The molecule has 0 aromatic carbocycles. The number of pyridine rings is 1. The van der Waals surface area contributed by atoms with E-state index in [1.165, 1.54) is 12.3 Å². The molecule has 210 valence electrons. The summed E-state index contributed by atoms with van der Waals surface area (Å²) in [6, 6.07) is 1.93. The Kier molecular flexibility index (Phi) is 6.55. The van der Waals surface area contributed by atoms with Gasteiger partial charge in [0.25, 0.3) is 5.91 Å². The molecule has 1 N–H and O–H groups in total. The standard InChI is InChI=1S/C27H32F3N5O4/c1-15-11-18(39-25-20(27(28,29)30)3-2-7-31-25)6-10-34(15)22(37)14-35-21-13-16-12-19(16)23(21)24(32-35)26(38)33-8-4-17(36)5-9-33/h2-3,7,15-19,36H,4-6,8-14H2,1H3/t15-,16+,18+,19+/m0/s1. The molecule has 2 amide bonds. The highest BCUT2D eigenvalue weighted by atomic mass is 19.4. The van der Waals surface area contributed by atoms with Crippen molar-refractivity contribution in [3.05, 3.63) is 40.8 Å². The summed E-state index contributed by atoms with van der Waals surface area (Å²) in [7, 11) is 0. The molecule has 3 fully saturated rings. The highest BCUT2D eigenvalue weighted by Gasteiger charge is 2.50. The largest absolute Gasteiger partial charge is 0.474 e. The van der Waals surface area contributed by atoms with E-state index in [-0.39, 0.29) is 30.5 Å². The lowest BCUT2D eigenvalue weighted by molar-refractivity contribution is -0.140. The number of carbonyl (C=O) groups excluding carboxylic acids is 2. The van der Waals surface area contributed by atoms with Crippen molar-refractivity contribution in [2.45, 2.75) is 82.3 Å². The Bertz CT molecular complexity index is 1270. The maximum atomic E-state index is 13.4. The molecule has 4 atom stereocenters. The number of alkyl halides is 3. The smallest absolute Gasteiger partial charge is 0.421 e. The van der Waals surface area contributed by atoms with Gasteiger partial charge in [0.1, 0.15) is 18.2 Å². The van der Waals surface area contributed by atoms with Crippen molar-refractivity contribution in [2.24, 2.45) is 5.92 Å². The van der Waals surface area contributed by atoms with E-state index < -0.39 is 23.7 Å². The van der Waals surface area contributed by atoms with Gasteiger partial charge in [0.2, 0.25) is 11.8 Å². The second-order valence-corrected chi connectivity index (χ2v) is 11.3. The van der Waals surface area contributed by atoms with Gasteiger partial charge in [0, 0.05) is 56.0 Å². The van der Waals surface area contributed by atoms with Crippen LogP contribution in [0.25, 0.3) is 0 Å². The van der Waals surface area contributed by atoms with E-state index in [0.717, 1.165) is 30.2 Å². The predicted molar refractivity (Wildman–Crippen MR) is 132 cm³/mol. The summed E-state index contributed by atoms with van der Waals surface area (Å²) in [4.78, 5) is 34.0. The lowest BCUT2D eigenvalue weighted by Gasteiger charge is -2.37. The van der Waals surface area contributed by atoms with Crippen molar-refractivity contribution in [2.75, 3.05) is 19.6 Å². The summed E-state index contributed by atoms with van der Waals surface area (Å²) >= 11 is 0. The third kappa shape index (κ3) is 4.99. The van der Waals surface area contributed by atoms with Gasteiger partial charge in [0.15, 0.2) is 5.69 Å². The first-order valence-corrected chi connectivity index (χ1v) is 13.7. The number of aromatic nitrogens is 3. The van der Waals surface area contributed by atoms with E-state index in [2.05, 4.69) is 10.1 Å². The van der Waals surface area contributed by atoms with Crippen LogP contribution in [0.15, 0.2) is 18.3 Å². The Morgan fingerprint density at radius 2 is 1.92 bits per heavy atom. The summed E-state index contributed by atoms with van der Waals surface area (Å²) in [5.74, 6) is 0.136. The van der Waals surface area contributed by atoms with Gasteiger partial charge in [-0.2, -0.15) is 18.3 Å². The molecule has 0 radical (unpaired) electrons. The van der Waals surface area contributed by atoms with Crippen LogP contribution >= 0.6 is 0 Å². The van der Waals surface area contributed by atoms with Gasteiger partial charge < -0.3 is 19.6 Å². The third-order valence-electron chi connectivity index (χ3n) is 8.59. The van der Waals surface area contributed by atoms with Crippen LogP contribution in [0.5, 0.6) is 5.88 Å². The van der Waals surface area contributed by atoms with Crippen molar-refractivity contribution in [3.63, 3.8) is 0 Å². The molecule has 39 heavy (non-hydrogen) atoms. The number of ether oxygens (including phenoxy) is 1. The van der Waals surface area contributed by atoms with E-state index >= 15 is 0 Å². The van der Waals surface area contributed by atoms with Crippen LogP contribution in [0.1, 0.15) is 72.3 Å². The molecule has 0 bridgehead atoms. The topological polar surface area (TPSA) is 101 Å². The fraction of sp³-hybridized carbons (Fsp3) is 0.630. The predicted octanol–water partition coefficient (Wildman–Crippen LogP) is 3.01. The van der Waals surface area contributed by atoms with Crippen molar-refractivity contribution >= 4 is 11.8 Å². The number of rotatable bonds is 5. The fourth-order valence-electron chi connectivity index (χ4n) is 6.38. The van der Waals surface area contributed by atoms with Crippen LogP contribution in [0.4, 0.5) is 13.2 Å². The molecule has 4 heterocycles. The van der Waals surface area contributed by atoms with E-state index in [1.807, 2.05) is 6.92 Å². The lowest BCUT2D eigenvalue weighted by Crippen LogP contribution is -2.48. The molecule has 6 rings (SSSR count). The van der Waals surface area contributed by atoms with Crippen LogP contribution in [0.2, 0.25) is 0 Å². The molecule has 4 aliphatic rings. The Morgan fingerprint density at radius 3 is 2.64 bits per heavy atom. The van der Waals surface area contributed by atoms with Crippen molar-refractivity contribution in [3.8, 4) is 5.88 Å². The van der Waals surface area contributed by atoms with Crippen LogP contribution in [-0.2, 0) is 23.9 Å². The minimum Gasteiger partial charge on any atom is -0.474 e. The number of fused-ring (bicyclic) bond motifs is 3. The number of nitrogens with zero attached hydrogens (tertiary/aromatic N) is 5. The van der Waals surface area contributed by atoms with Gasteiger partial charge in [-0.3, -0.25) is 14.3 Å². The first-order valence-electron chi connectivity index (χ1n) is 13.7. The first kappa shape index (κ1) is 26.1.